The van der Waals surface area contributed by atoms with Gasteiger partial charge in [-0.1, -0.05) is 6.07 Å². The monoisotopic (exact) mass is 298 g/mol. The van der Waals surface area contributed by atoms with Crippen LogP contribution in [0.4, 0.5) is 5.69 Å². The number of nitrogens with one attached hydrogen (secondary N) is 2. The molecular weight excluding hydrogens is 280 g/mol. The molecule has 20 heavy (non-hydrogen) atoms. The number of halogens is 1. The van der Waals surface area contributed by atoms with E-state index in [9.17, 15) is 9.59 Å². The number of amides is 1. The maximum atomic E-state index is 11.9. The molecule has 1 aliphatic heterocycles. The van der Waals surface area contributed by atoms with Crippen LogP contribution in [0.15, 0.2) is 24.3 Å². The molecule has 0 aliphatic carbocycles. The van der Waals surface area contributed by atoms with Gasteiger partial charge in [0.25, 0.3) is 0 Å². The molecule has 6 heteroatoms. The summed E-state index contributed by atoms with van der Waals surface area (Å²) in [5.41, 5.74) is 1.06. The van der Waals surface area contributed by atoms with E-state index in [4.69, 9.17) is 4.74 Å². The van der Waals surface area contributed by atoms with Crippen molar-refractivity contribution in [2.45, 2.75) is 25.8 Å². The van der Waals surface area contributed by atoms with Gasteiger partial charge in [-0.2, -0.15) is 0 Å². The molecule has 5 nitrogen and oxygen atoms in total. The van der Waals surface area contributed by atoms with Crippen molar-refractivity contribution in [2.24, 2.45) is 0 Å². The predicted molar refractivity (Wildman–Crippen MR) is 79.3 cm³/mol. The molecule has 1 saturated heterocycles. The Kier molecular flexibility index (Phi) is 6.48. The molecule has 1 aliphatic rings. The summed E-state index contributed by atoms with van der Waals surface area (Å²) in [5, 5.41) is 5.94. The van der Waals surface area contributed by atoms with E-state index in [1.165, 1.54) is 0 Å². The van der Waals surface area contributed by atoms with Crippen molar-refractivity contribution in [2.75, 3.05) is 18.5 Å². The maximum Gasteiger partial charge on any atom is 0.338 e. The highest BCUT2D eigenvalue weighted by Gasteiger charge is 2.22. The molecule has 1 amide bonds. The Morgan fingerprint density at radius 1 is 1.45 bits per heavy atom. The molecule has 0 saturated carbocycles. The summed E-state index contributed by atoms with van der Waals surface area (Å²) in [5.74, 6) is -0.434. The lowest BCUT2D eigenvalue weighted by atomic mass is 10.2. The fourth-order valence-electron chi connectivity index (χ4n) is 2.08. The van der Waals surface area contributed by atoms with Crippen molar-refractivity contribution < 1.29 is 14.3 Å². The van der Waals surface area contributed by atoms with Crippen molar-refractivity contribution in [1.82, 2.24) is 5.32 Å². The number of hydrogen-bond acceptors (Lipinski definition) is 4. The first kappa shape index (κ1) is 16.5. The smallest absolute Gasteiger partial charge is 0.338 e. The molecule has 0 bridgehead atoms. The Hall–Kier alpha value is -1.59. The summed E-state index contributed by atoms with van der Waals surface area (Å²) in [6.07, 6.45) is 1.87. The highest BCUT2D eigenvalue weighted by molar-refractivity contribution is 5.97. The van der Waals surface area contributed by atoms with E-state index in [0.717, 1.165) is 19.4 Å². The fraction of sp³-hybridized carbons (Fsp3) is 0.429. The largest absolute Gasteiger partial charge is 0.462 e. The summed E-state index contributed by atoms with van der Waals surface area (Å²) in [6, 6.07) is 6.65. The van der Waals surface area contributed by atoms with Gasteiger partial charge in [-0.3, -0.25) is 4.79 Å². The van der Waals surface area contributed by atoms with Crippen LogP contribution in [0.2, 0.25) is 0 Å². The van der Waals surface area contributed by atoms with Crippen LogP contribution in [-0.4, -0.2) is 31.1 Å². The molecule has 1 heterocycles. The number of benzene rings is 1. The normalized spacial score (nSPS) is 17.1. The molecule has 2 N–H and O–H groups in total. The molecule has 2 rings (SSSR count). The van der Waals surface area contributed by atoms with Gasteiger partial charge < -0.3 is 15.4 Å². The molecule has 1 aromatic carbocycles. The molecule has 1 atom stereocenters. The number of ether oxygens (including phenoxy) is 1. The second kappa shape index (κ2) is 7.87. The predicted octanol–water partition coefficient (Wildman–Crippen LogP) is 1.98. The minimum atomic E-state index is -0.377. The van der Waals surface area contributed by atoms with Crippen molar-refractivity contribution in [3.63, 3.8) is 0 Å². The number of hydrogen-bond donors (Lipinski definition) is 2. The molecule has 0 spiro atoms. The average Bonchev–Trinajstić information content (AvgIpc) is 2.93. The molecule has 0 radical (unpaired) electrons. The lowest BCUT2D eigenvalue weighted by Crippen LogP contribution is -2.35. The zero-order valence-corrected chi connectivity index (χ0v) is 12.2. The van der Waals surface area contributed by atoms with Gasteiger partial charge in [0.1, 0.15) is 0 Å². The first-order valence-electron chi connectivity index (χ1n) is 6.52. The van der Waals surface area contributed by atoms with Crippen molar-refractivity contribution >= 4 is 30.0 Å². The first-order chi connectivity index (χ1) is 9.20. The second-order valence-corrected chi connectivity index (χ2v) is 4.44. The summed E-state index contributed by atoms with van der Waals surface area (Å²) in [7, 11) is 0. The highest BCUT2D eigenvalue weighted by Crippen LogP contribution is 2.14. The van der Waals surface area contributed by atoms with Gasteiger partial charge in [-0.25, -0.2) is 4.79 Å². The molecule has 0 aromatic heterocycles. The van der Waals surface area contributed by atoms with E-state index in [1.807, 2.05) is 0 Å². The minimum absolute atomic E-state index is 0. The van der Waals surface area contributed by atoms with Crippen LogP contribution in [0.3, 0.4) is 0 Å². The zero-order valence-electron chi connectivity index (χ0n) is 11.3. The SMILES string of the molecule is CCOC(=O)c1cccc(NC(=O)[C@@H]2CCCN2)c1.Cl. The van der Waals surface area contributed by atoms with Crippen molar-refractivity contribution in [3.05, 3.63) is 29.8 Å². The van der Waals surface area contributed by atoms with Crippen LogP contribution in [0.1, 0.15) is 30.1 Å². The van der Waals surface area contributed by atoms with Crippen LogP contribution in [0, 0.1) is 0 Å². The third-order valence-corrected chi connectivity index (χ3v) is 3.02. The van der Waals surface area contributed by atoms with Gasteiger partial charge in [0.15, 0.2) is 0 Å². The quantitative estimate of drug-likeness (QED) is 0.834. The molecule has 1 fully saturated rings. The maximum absolute atomic E-state index is 11.9. The summed E-state index contributed by atoms with van der Waals surface area (Å²) in [4.78, 5) is 23.5. The molecule has 1 aromatic rings. The number of anilines is 1. The Balaban J connectivity index is 0.00000200. The number of esters is 1. The third-order valence-electron chi connectivity index (χ3n) is 3.02. The summed E-state index contributed by atoms with van der Waals surface area (Å²) in [6.45, 7) is 2.97. The Morgan fingerprint density at radius 3 is 2.90 bits per heavy atom. The lowest BCUT2D eigenvalue weighted by Gasteiger charge is -2.11. The number of carbonyl (C=O) groups excluding carboxylic acids is 2. The molecular formula is C14H19ClN2O3. The van der Waals surface area contributed by atoms with E-state index in [0.29, 0.717) is 17.9 Å². The Labute approximate surface area is 124 Å². The Bertz CT molecular complexity index is 473. The topological polar surface area (TPSA) is 67.4 Å². The molecule has 0 unspecified atom stereocenters. The van der Waals surface area contributed by atoms with E-state index in [-0.39, 0.29) is 30.3 Å². The van der Waals surface area contributed by atoms with Crippen LogP contribution < -0.4 is 10.6 Å². The van der Waals surface area contributed by atoms with Gasteiger partial charge >= 0.3 is 5.97 Å². The van der Waals surface area contributed by atoms with Crippen molar-refractivity contribution in [1.29, 1.82) is 0 Å². The average molecular weight is 299 g/mol. The highest BCUT2D eigenvalue weighted by atomic mass is 35.5. The van der Waals surface area contributed by atoms with E-state index < -0.39 is 0 Å². The minimum Gasteiger partial charge on any atom is -0.462 e. The first-order valence-corrected chi connectivity index (χ1v) is 6.52. The molecule has 110 valence electrons. The number of rotatable bonds is 4. The second-order valence-electron chi connectivity index (χ2n) is 4.44. The van der Waals surface area contributed by atoms with Gasteiger partial charge in [0, 0.05) is 5.69 Å². The summed E-state index contributed by atoms with van der Waals surface area (Å²) < 4.78 is 4.92. The zero-order chi connectivity index (χ0) is 13.7. The standard InChI is InChI=1S/C14H18N2O3.ClH/c1-2-19-14(18)10-5-3-6-11(9-10)16-13(17)12-7-4-8-15-12;/h3,5-6,9,12,15H,2,4,7-8H2,1H3,(H,16,17);1H/t12-;/m0./s1. The van der Waals surface area contributed by atoms with Gasteiger partial charge in [0.2, 0.25) is 5.91 Å². The van der Waals surface area contributed by atoms with Crippen LogP contribution in [-0.2, 0) is 9.53 Å². The van der Waals surface area contributed by atoms with Gasteiger partial charge in [-0.05, 0) is 44.5 Å². The third kappa shape index (κ3) is 4.21. The van der Waals surface area contributed by atoms with Crippen LogP contribution >= 0.6 is 12.4 Å². The summed E-state index contributed by atoms with van der Waals surface area (Å²) >= 11 is 0. The Morgan fingerprint density at radius 2 is 2.25 bits per heavy atom. The van der Waals surface area contributed by atoms with Gasteiger partial charge in [-0.15, -0.1) is 12.4 Å². The van der Waals surface area contributed by atoms with E-state index in [1.54, 1.807) is 31.2 Å². The van der Waals surface area contributed by atoms with E-state index >= 15 is 0 Å². The van der Waals surface area contributed by atoms with Crippen molar-refractivity contribution in [3.8, 4) is 0 Å². The van der Waals surface area contributed by atoms with Crippen LogP contribution in [0.5, 0.6) is 0 Å². The fourth-order valence-corrected chi connectivity index (χ4v) is 2.08. The lowest BCUT2D eigenvalue weighted by molar-refractivity contribution is -0.117. The number of carbonyl (C=O) groups is 2. The van der Waals surface area contributed by atoms with Gasteiger partial charge in [0.05, 0.1) is 18.2 Å². The van der Waals surface area contributed by atoms with Crippen LogP contribution in [0.25, 0.3) is 0 Å². The van der Waals surface area contributed by atoms with E-state index in [2.05, 4.69) is 10.6 Å².